The van der Waals surface area contributed by atoms with Gasteiger partial charge in [0.2, 0.25) is 17.7 Å². The molecule has 0 spiro atoms. The standard InChI is InChI=1S/C16H24N6O9/c17-8(4-23)13(27)20-10(2-12(25)26)15(29)21-9(1-7-3-18-6-19-7)14(28)22-11(5-24)16(30)31/h3,6,8-11,23-24H,1-2,4-5,17H2,(H,18,19)(H,20,27)(H,21,29)(H,22,28)(H,25,26)(H,30,31). The molecule has 0 fully saturated rings. The third-order valence-electron chi connectivity index (χ3n) is 3.95. The summed E-state index contributed by atoms with van der Waals surface area (Å²) in [7, 11) is 0. The number of aliphatic carboxylic acids is 2. The molecule has 15 heteroatoms. The van der Waals surface area contributed by atoms with Crippen LogP contribution in [-0.2, 0) is 30.4 Å². The second-order valence-corrected chi connectivity index (χ2v) is 6.37. The number of nitrogens with one attached hydrogen (secondary N) is 4. The van der Waals surface area contributed by atoms with Gasteiger partial charge in [0.05, 0.1) is 26.0 Å². The molecule has 1 aromatic heterocycles. The van der Waals surface area contributed by atoms with Crippen LogP contribution in [-0.4, -0.2) is 97.4 Å². The normalized spacial score (nSPS) is 14.5. The molecule has 0 radical (unpaired) electrons. The number of H-pyrrole nitrogens is 1. The number of carbonyl (C=O) groups is 5. The molecule has 4 atom stereocenters. The van der Waals surface area contributed by atoms with Gasteiger partial charge in [-0.05, 0) is 0 Å². The lowest BCUT2D eigenvalue weighted by Crippen LogP contribution is -2.58. The maximum atomic E-state index is 12.6. The molecule has 0 aliphatic rings. The van der Waals surface area contributed by atoms with Gasteiger partial charge in [0.15, 0.2) is 0 Å². The Morgan fingerprint density at radius 3 is 2.00 bits per heavy atom. The molecular weight excluding hydrogens is 420 g/mol. The summed E-state index contributed by atoms with van der Waals surface area (Å²) in [6.07, 6.45) is 1.58. The highest BCUT2D eigenvalue weighted by molar-refractivity contribution is 5.95. The molecule has 1 rings (SSSR count). The first-order valence-electron chi connectivity index (χ1n) is 8.89. The van der Waals surface area contributed by atoms with Crippen LogP contribution in [0.4, 0.5) is 0 Å². The smallest absolute Gasteiger partial charge is 0.328 e. The lowest BCUT2D eigenvalue weighted by atomic mass is 10.1. The van der Waals surface area contributed by atoms with Gasteiger partial charge in [0, 0.05) is 18.3 Å². The third kappa shape index (κ3) is 8.37. The minimum atomic E-state index is -1.65. The van der Waals surface area contributed by atoms with Crippen molar-refractivity contribution in [1.29, 1.82) is 0 Å². The van der Waals surface area contributed by atoms with Gasteiger partial charge in [-0.25, -0.2) is 9.78 Å². The zero-order valence-corrected chi connectivity index (χ0v) is 16.1. The van der Waals surface area contributed by atoms with E-state index < -0.39 is 73.5 Å². The molecule has 172 valence electrons. The Hall–Kier alpha value is -3.56. The summed E-state index contributed by atoms with van der Waals surface area (Å²) in [5, 5.41) is 42.3. The Kier molecular flexibility index (Phi) is 10.0. The Labute approximate surface area is 175 Å². The monoisotopic (exact) mass is 444 g/mol. The zero-order chi connectivity index (χ0) is 23.6. The molecule has 0 saturated heterocycles. The van der Waals surface area contributed by atoms with Crippen LogP contribution in [0.2, 0.25) is 0 Å². The summed E-state index contributed by atoms with van der Waals surface area (Å²) in [5.74, 6) is -6.02. The topological polar surface area (TPSA) is 257 Å². The van der Waals surface area contributed by atoms with Crippen molar-refractivity contribution in [2.45, 2.75) is 37.0 Å². The summed E-state index contributed by atoms with van der Waals surface area (Å²) in [6, 6.07) is -6.12. The van der Waals surface area contributed by atoms with Crippen LogP contribution in [0.15, 0.2) is 12.5 Å². The van der Waals surface area contributed by atoms with Gasteiger partial charge < -0.3 is 47.1 Å². The SMILES string of the molecule is NC(CO)C(=O)NC(CC(=O)O)C(=O)NC(Cc1cnc[nH]1)C(=O)NC(CO)C(=O)O. The summed E-state index contributed by atoms with van der Waals surface area (Å²) in [6.45, 7) is -1.67. The first-order valence-corrected chi connectivity index (χ1v) is 8.89. The number of aromatic amines is 1. The second-order valence-electron chi connectivity index (χ2n) is 6.37. The van der Waals surface area contributed by atoms with Crippen LogP contribution in [0, 0.1) is 0 Å². The molecule has 31 heavy (non-hydrogen) atoms. The fourth-order valence-electron chi connectivity index (χ4n) is 2.30. The number of hydrogen-bond acceptors (Lipinski definition) is 9. The van der Waals surface area contributed by atoms with Crippen molar-refractivity contribution in [2.24, 2.45) is 5.73 Å². The number of nitrogens with two attached hydrogens (primary N) is 1. The molecule has 10 N–H and O–H groups in total. The van der Waals surface area contributed by atoms with Gasteiger partial charge in [-0.1, -0.05) is 0 Å². The van der Waals surface area contributed by atoms with E-state index in [1.807, 2.05) is 5.32 Å². The number of aliphatic hydroxyl groups excluding tert-OH is 2. The molecule has 0 saturated carbocycles. The summed E-state index contributed by atoms with van der Waals surface area (Å²) in [4.78, 5) is 65.5. The zero-order valence-electron chi connectivity index (χ0n) is 16.1. The Morgan fingerprint density at radius 1 is 0.935 bits per heavy atom. The van der Waals surface area contributed by atoms with Crippen LogP contribution in [0.25, 0.3) is 0 Å². The van der Waals surface area contributed by atoms with Gasteiger partial charge in [0.25, 0.3) is 0 Å². The van der Waals surface area contributed by atoms with E-state index in [1.165, 1.54) is 12.5 Å². The molecule has 0 aromatic carbocycles. The first kappa shape index (κ1) is 25.5. The maximum Gasteiger partial charge on any atom is 0.328 e. The Morgan fingerprint density at radius 2 is 1.52 bits per heavy atom. The average Bonchev–Trinajstić information content (AvgIpc) is 3.22. The first-order chi connectivity index (χ1) is 14.6. The largest absolute Gasteiger partial charge is 0.481 e. The number of rotatable bonds is 13. The van der Waals surface area contributed by atoms with Crippen molar-refractivity contribution in [3.05, 3.63) is 18.2 Å². The molecule has 0 aliphatic carbocycles. The van der Waals surface area contributed by atoms with E-state index in [0.29, 0.717) is 5.69 Å². The minimum Gasteiger partial charge on any atom is -0.481 e. The van der Waals surface area contributed by atoms with E-state index in [1.54, 1.807) is 0 Å². The van der Waals surface area contributed by atoms with Gasteiger partial charge in [-0.15, -0.1) is 0 Å². The molecular formula is C16H24N6O9. The average molecular weight is 444 g/mol. The highest BCUT2D eigenvalue weighted by Gasteiger charge is 2.31. The number of carboxylic acid groups (broad SMARTS) is 2. The molecule has 4 unspecified atom stereocenters. The van der Waals surface area contributed by atoms with Crippen LogP contribution >= 0.6 is 0 Å². The molecule has 0 bridgehead atoms. The van der Waals surface area contributed by atoms with Crippen molar-refractivity contribution < 1.29 is 44.4 Å². The van der Waals surface area contributed by atoms with Crippen LogP contribution < -0.4 is 21.7 Å². The second kappa shape index (κ2) is 12.2. The van der Waals surface area contributed by atoms with E-state index in [-0.39, 0.29) is 6.42 Å². The predicted molar refractivity (Wildman–Crippen MR) is 100 cm³/mol. The number of aromatic nitrogens is 2. The Bertz CT molecular complexity index is 785. The van der Waals surface area contributed by atoms with Crippen LogP contribution in [0.3, 0.4) is 0 Å². The fourth-order valence-corrected chi connectivity index (χ4v) is 2.30. The highest BCUT2D eigenvalue weighted by atomic mass is 16.4. The predicted octanol–water partition coefficient (Wildman–Crippen LogP) is -4.72. The number of carbonyl (C=O) groups excluding carboxylic acids is 3. The van der Waals surface area contributed by atoms with Crippen molar-refractivity contribution >= 4 is 29.7 Å². The number of carboxylic acids is 2. The molecule has 3 amide bonds. The van der Waals surface area contributed by atoms with Crippen LogP contribution in [0.1, 0.15) is 12.1 Å². The van der Waals surface area contributed by atoms with E-state index in [9.17, 15) is 24.0 Å². The van der Waals surface area contributed by atoms with E-state index >= 15 is 0 Å². The van der Waals surface area contributed by atoms with Gasteiger partial charge in [-0.2, -0.15) is 0 Å². The summed E-state index contributed by atoms with van der Waals surface area (Å²) >= 11 is 0. The van der Waals surface area contributed by atoms with Gasteiger partial charge in [0.1, 0.15) is 24.2 Å². The third-order valence-corrected chi connectivity index (χ3v) is 3.95. The minimum absolute atomic E-state index is 0.195. The lowest BCUT2D eigenvalue weighted by molar-refractivity contribution is -0.144. The fraction of sp³-hybridized carbons (Fsp3) is 0.500. The molecule has 15 nitrogen and oxygen atoms in total. The van der Waals surface area contributed by atoms with Gasteiger partial charge in [-0.3, -0.25) is 19.2 Å². The summed E-state index contributed by atoms with van der Waals surface area (Å²) < 4.78 is 0. The molecule has 1 aromatic rings. The Balaban J connectivity index is 3.03. The highest BCUT2D eigenvalue weighted by Crippen LogP contribution is 2.03. The number of hydrogen-bond donors (Lipinski definition) is 9. The van der Waals surface area contributed by atoms with Crippen molar-refractivity contribution in [2.75, 3.05) is 13.2 Å². The van der Waals surface area contributed by atoms with Crippen LogP contribution in [0.5, 0.6) is 0 Å². The van der Waals surface area contributed by atoms with E-state index in [2.05, 4.69) is 20.6 Å². The molecule has 1 heterocycles. The van der Waals surface area contributed by atoms with E-state index in [0.717, 1.165) is 0 Å². The summed E-state index contributed by atoms with van der Waals surface area (Å²) in [5.41, 5.74) is 5.71. The number of imidazole rings is 1. The number of nitrogens with zero attached hydrogens (tertiary/aromatic N) is 1. The van der Waals surface area contributed by atoms with Gasteiger partial charge >= 0.3 is 11.9 Å². The maximum absolute atomic E-state index is 12.6. The van der Waals surface area contributed by atoms with Crippen molar-refractivity contribution in [3.8, 4) is 0 Å². The lowest BCUT2D eigenvalue weighted by Gasteiger charge is -2.24. The van der Waals surface area contributed by atoms with E-state index in [4.69, 9.17) is 26.2 Å². The van der Waals surface area contributed by atoms with Crippen molar-refractivity contribution in [1.82, 2.24) is 25.9 Å². The number of aliphatic hydroxyl groups is 2. The molecule has 0 aliphatic heterocycles. The number of amides is 3. The van der Waals surface area contributed by atoms with Crippen molar-refractivity contribution in [3.63, 3.8) is 0 Å². The quantitative estimate of drug-likeness (QED) is 0.139.